The fourth-order valence-corrected chi connectivity index (χ4v) is 3.01. The molecule has 2 aromatic rings. The molecule has 0 bridgehead atoms. The van der Waals surface area contributed by atoms with Crippen molar-refractivity contribution in [2.45, 2.75) is 19.4 Å². The normalized spacial score (nSPS) is 14.1. The fraction of sp³-hybridized carbons (Fsp3) is 0.188. The van der Waals surface area contributed by atoms with E-state index in [1.165, 1.54) is 30.3 Å². The highest BCUT2D eigenvalue weighted by molar-refractivity contribution is 7.13. The average molecular weight is 375 g/mol. The van der Waals surface area contributed by atoms with E-state index in [1.54, 1.807) is 5.38 Å². The number of nitrogens with zero attached hydrogens (tertiary/aromatic N) is 2. The second-order valence-corrected chi connectivity index (χ2v) is 6.33. The molecule has 2 amide bonds. The van der Waals surface area contributed by atoms with E-state index in [4.69, 9.17) is 4.74 Å². The van der Waals surface area contributed by atoms with E-state index in [0.717, 1.165) is 16.3 Å². The van der Waals surface area contributed by atoms with E-state index >= 15 is 0 Å². The summed E-state index contributed by atoms with van der Waals surface area (Å²) in [7, 11) is 0. The molecule has 1 saturated heterocycles. The van der Waals surface area contributed by atoms with Crippen LogP contribution in [0.15, 0.2) is 35.7 Å². The Morgan fingerprint density at radius 1 is 1.27 bits per heavy atom. The van der Waals surface area contributed by atoms with Crippen molar-refractivity contribution < 1.29 is 24.0 Å². The van der Waals surface area contributed by atoms with E-state index in [9.17, 15) is 24.5 Å². The van der Waals surface area contributed by atoms with Crippen molar-refractivity contribution in [3.63, 3.8) is 0 Å². The first kappa shape index (κ1) is 17.5. The van der Waals surface area contributed by atoms with Gasteiger partial charge < -0.3 is 4.74 Å². The SMILES string of the molecule is O=C1CCC(=O)N(c2ccc(C(=O)OCc3csc([N+](=O)[O-])c3)cc2)N1. The third kappa shape index (κ3) is 3.86. The minimum absolute atomic E-state index is 0.0198. The van der Waals surface area contributed by atoms with Crippen LogP contribution < -0.4 is 10.4 Å². The zero-order chi connectivity index (χ0) is 18.7. The molecule has 134 valence electrons. The molecule has 1 aromatic carbocycles. The monoisotopic (exact) mass is 375 g/mol. The molecular formula is C16H13N3O6S. The standard InChI is InChI=1S/C16H13N3O6S/c20-13-5-6-14(21)18(17-13)12-3-1-11(2-4-12)16(22)25-8-10-7-15(19(23)24)26-9-10/h1-4,7,9H,5-6,8H2,(H,17,20). The number of esters is 1. The second-order valence-electron chi connectivity index (χ2n) is 5.44. The quantitative estimate of drug-likeness (QED) is 0.486. The van der Waals surface area contributed by atoms with Crippen molar-refractivity contribution >= 4 is 39.8 Å². The molecule has 0 saturated carbocycles. The number of hydrogen-bond acceptors (Lipinski definition) is 7. The van der Waals surface area contributed by atoms with Crippen molar-refractivity contribution in [1.82, 2.24) is 5.43 Å². The first-order valence-corrected chi connectivity index (χ1v) is 8.43. The molecule has 0 aliphatic carbocycles. The summed E-state index contributed by atoms with van der Waals surface area (Å²) in [5.41, 5.74) is 3.70. The molecule has 1 aliphatic rings. The van der Waals surface area contributed by atoms with Crippen molar-refractivity contribution in [2.24, 2.45) is 0 Å². The summed E-state index contributed by atoms with van der Waals surface area (Å²) >= 11 is 0.961. The molecular weight excluding hydrogens is 362 g/mol. The van der Waals surface area contributed by atoms with Crippen LogP contribution in [0.5, 0.6) is 0 Å². The molecule has 1 aliphatic heterocycles. The highest BCUT2D eigenvalue weighted by atomic mass is 32.1. The topological polar surface area (TPSA) is 119 Å². The fourth-order valence-electron chi connectivity index (χ4n) is 2.30. The number of hydrogen-bond donors (Lipinski definition) is 1. The van der Waals surface area contributed by atoms with E-state index in [-0.39, 0.29) is 41.8 Å². The maximum atomic E-state index is 12.1. The van der Waals surface area contributed by atoms with Crippen molar-refractivity contribution in [3.05, 3.63) is 57.0 Å². The number of thiophene rings is 1. The van der Waals surface area contributed by atoms with Gasteiger partial charge in [0, 0.05) is 29.9 Å². The molecule has 9 nitrogen and oxygen atoms in total. The molecule has 2 heterocycles. The first-order valence-electron chi connectivity index (χ1n) is 7.55. The predicted molar refractivity (Wildman–Crippen MR) is 91.4 cm³/mol. The molecule has 10 heteroatoms. The van der Waals surface area contributed by atoms with Crippen LogP contribution in [-0.4, -0.2) is 22.7 Å². The molecule has 3 rings (SSSR count). The smallest absolute Gasteiger partial charge is 0.338 e. The van der Waals surface area contributed by atoms with Crippen LogP contribution in [0.25, 0.3) is 0 Å². The Balaban J connectivity index is 1.62. The number of anilines is 1. The van der Waals surface area contributed by atoms with Gasteiger partial charge in [0.25, 0.3) is 0 Å². The van der Waals surface area contributed by atoms with E-state index < -0.39 is 10.9 Å². The molecule has 0 atom stereocenters. The van der Waals surface area contributed by atoms with E-state index in [0.29, 0.717) is 11.3 Å². The van der Waals surface area contributed by atoms with Crippen molar-refractivity contribution in [1.29, 1.82) is 0 Å². The molecule has 1 aromatic heterocycles. The van der Waals surface area contributed by atoms with Gasteiger partial charge in [-0.1, -0.05) is 11.3 Å². The van der Waals surface area contributed by atoms with Gasteiger partial charge in [0.1, 0.15) is 6.61 Å². The Bertz CT molecular complexity index is 876. The van der Waals surface area contributed by atoms with Gasteiger partial charge in [0.05, 0.1) is 16.2 Å². The van der Waals surface area contributed by atoms with Crippen LogP contribution in [0.1, 0.15) is 28.8 Å². The zero-order valence-electron chi connectivity index (χ0n) is 13.3. The number of hydrazine groups is 1. The molecule has 0 spiro atoms. The molecule has 0 unspecified atom stereocenters. The minimum atomic E-state index is -0.598. The summed E-state index contributed by atoms with van der Waals surface area (Å²) in [6.07, 6.45) is 0.281. The lowest BCUT2D eigenvalue weighted by molar-refractivity contribution is -0.380. The first-order chi connectivity index (χ1) is 12.4. The lowest BCUT2D eigenvalue weighted by Crippen LogP contribution is -2.50. The Kier molecular flexibility index (Phi) is 4.94. The van der Waals surface area contributed by atoms with Crippen LogP contribution in [0.4, 0.5) is 10.7 Å². The summed E-state index contributed by atoms with van der Waals surface area (Å²) < 4.78 is 5.13. The van der Waals surface area contributed by atoms with Gasteiger partial charge in [-0.3, -0.25) is 25.1 Å². The lowest BCUT2D eigenvalue weighted by Gasteiger charge is -2.27. The highest BCUT2D eigenvalue weighted by Crippen LogP contribution is 2.23. The molecule has 1 fully saturated rings. The largest absolute Gasteiger partial charge is 0.457 e. The van der Waals surface area contributed by atoms with Crippen LogP contribution in [0.2, 0.25) is 0 Å². The summed E-state index contributed by atoms with van der Waals surface area (Å²) in [5, 5.41) is 13.3. The number of carbonyl (C=O) groups excluding carboxylic acids is 3. The third-order valence-corrected chi connectivity index (χ3v) is 4.53. The van der Waals surface area contributed by atoms with Crippen LogP contribution in [-0.2, 0) is 20.9 Å². The number of benzene rings is 1. The number of amides is 2. The zero-order valence-corrected chi connectivity index (χ0v) is 14.2. The van der Waals surface area contributed by atoms with Crippen LogP contribution >= 0.6 is 11.3 Å². The third-order valence-electron chi connectivity index (χ3n) is 3.60. The van der Waals surface area contributed by atoms with E-state index in [1.807, 2.05) is 0 Å². The van der Waals surface area contributed by atoms with Gasteiger partial charge in [-0.2, -0.15) is 0 Å². The number of nitro groups is 1. The maximum Gasteiger partial charge on any atom is 0.338 e. The van der Waals surface area contributed by atoms with Gasteiger partial charge in [0.2, 0.25) is 11.8 Å². The van der Waals surface area contributed by atoms with Crippen LogP contribution in [0, 0.1) is 10.1 Å². The average Bonchev–Trinajstić information content (AvgIpc) is 3.11. The van der Waals surface area contributed by atoms with Gasteiger partial charge in [-0.25, -0.2) is 9.80 Å². The van der Waals surface area contributed by atoms with Gasteiger partial charge >= 0.3 is 11.0 Å². The maximum absolute atomic E-state index is 12.1. The predicted octanol–water partition coefficient (Wildman–Crippen LogP) is 2.17. The number of nitrogens with one attached hydrogen (secondary N) is 1. The van der Waals surface area contributed by atoms with Crippen molar-refractivity contribution in [3.8, 4) is 0 Å². The summed E-state index contributed by atoms with van der Waals surface area (Å²) in [5.74, 6) is -1.09. The van der Waals surface area contributed by atoms with Gasteiger partial charge in [-0.15, -0.1) is 0 Å². The minimum Gasteiger partial charge on any atom is -0.457 e. The number of ether oxygens (including phenoxy) is 1. The lowest BCUT2D eigenvalue weighted by atomic mass is 10.2. The second kappa shape index (κ2) is 7.31. The summed E-state index contributed by atoms with van der Waals surface area (Å²) in [6.45, 7) is -0.0778. The van der Waals surface area contributed by atoms with Crippen LogP contribution in [0.3, 0.4) is 0 Å². The molecule has 26 heavy (non-hydrogen) atoms. The summed E-state index contributed by atoms with van der Waals surface area (Å²) in [6, 6.07) is 7.35. The Morgan fingerprint density at radius 3 is 2.65 bits per heavy atom. The van der Waals surface area contributed by atoms with E-state index in [2.05, 4.69) is 5.43 Å². The Morgan fingerprint density at radius 2 is 2.00 bits per heavy atom. The summed E-state index contributed by atoms with van der Waals surface area (Å²) in [4.78, 5) is 45.4. The number of rotatable bonds is 5. The Hall–Kier alpha value is -3.27. The van der Waals surface area contributed by atoms with Gasteiger partial charge in [0.15, 0.2) is 0 Å². The van der Waals surface area contributed by atoms with Gasteiger partial charge in [-0.05, 0) is 24.3 Å². The highest BCUT2D eigenvalue weighted by Gasteiger charge is 2.24. The molecule has 0 radical (unpaired) electrons. The number of carbonyl (C=O) groups is 3. The Labute approximate surface area is 151 Å². The van der Waals surface area contributed by atoms with Crippen molar-refractivity contribution in [2.75, 3.05) is 5.01 Å². The molecule has 1 N–H and O–H groups in total.